The van der Waals surface area contributed by atoms with E-state index in [1.54, 1.807) is 0 Å². The van der Waals surface area contributed by atoms with E-state index in [9.17, 15) is 0 Å². The summed E-state index contributed by atoms with van der Waals surface area (Å²) in [5, 5.41) is 3.67. The molecule has 1 aromatic heterocycles. The number of hydrogen-bond acceptors (Lipinski definition) is 2. The van der Waals surface area contributed by atoms with Crippen LogP contribution in [0.5, 0.6) is 0 Å². The third-order valence-corrected chi connectivity index (χ3v) is 3.79. The topological polar surface area (TPSA) is 24.9 Å². The van der Waals surface area contributed by atoms with Crippen LogP contribution in [-0.4, -0.2) is 11.5 Å². The highest BCUT2D eigenvalue weighted by Gasteiger charge is 2.10. The van der Waals surface area contributed by atoms with Gasteiger partial charge >= 0.3 is 0 Å². The summed E-state index contributed by atoms with van der Waals surface area (Å²) in [7, 11) is 0. The molecule has 2 heteroatoms. The Labute approximate surface area is 125 Å². The van der Waals surface area contributed by atoms with Gasteiger partial charge in [0.15, 0.2) is 0 Å². The van der Waals surface area contributed by atoms with Crippen molar-refractivity contribution in [1.82, 2.24) is 10.3 Å². The second kappa shape index (κ2) is 10.8. The molecule has 1 unspecified atom stereocenters. The van der Waals surface area contributed by atoms with Crippen molar-refractivity contribution in [3.8, 4) is 0 Å². The van der Waals surface area contributed by atoms with Gasteiger partial charge in [-0.15, -0.1) is 0 Å². The summed E-state index contributed by atoms with van der Waals surface area (Å²) in [4.78, 5) is 4.34. The standard InChI is InChI=1S/C18H32N2/c1-4-6-7-8-9-10-11-18(20-12-5-2)17-13-16(3)14-19-15-17/h13-15,18,20H,4-12H2,1-3H3. The molecule has 1 rings (SSSR count). The average molecular weight is 276 g/mol. The summed E-state index contributed by atoms with van der Waals surface area (Å²) in [5.41, 5.74) is 2.61. The second-order valence-electron chi connectivity index (χ2n) is 5.86. The van der Waals surface area contributed by atoms with Crippen molar-refractivity contribution < 1.29 is 0 Å². The van der Waals surface area contributed by atoms with Crippen LogP contribution in [0.25, 0.3) is 0 Å². The Hall–Kier alpha value is -0.890. The molecule has 0 aliphatic heterocycles. The van der Waals surface area contributed by atoms with Gasteiger partial charge in [0.1, 0.15) is 0 Å². The third kappa shape index (κ3) is 7.04. The smallest absolute Gasteiger partial charge is 0.0335 e. The molecule has 1 N–H and O–H groups in total. The molecule has 1 heterocycles. The van der Waals surface area contributed by atoms with Crippen LogP contribution in [0.3, 0.4) is 0 Å². The zero-order valence-electron chi connectivity index (χ0n) is 13.6. The van der Waals surface area contributed by atoms with E-state index in [-0.39, 0.29) is 0 Å². The Bertz CT molecular complexity index is 349. The first-order valence-electron chi connectivity index (χ1n) is 8.42. The molecule has 0 aliphatic rings. The SMILES string of the molecule is CCCCCCCCC(NCCC)c1cncc(C)c1. The fraction of sp³-hybridized carbons (Fsp3) is 0.722. The molecule has 114 valence electrons. The van der Waals surface area contributed by atoms with E-state index in [1.165, 1.54) is 62.5 Å². The Morgan fingerprint density at radius 2 is 1.75 bits per heavy atom. The third-order valence-electron chi connectivity index (χ3n) is 3.79. The van der Waals surface area contributed by atoms with Crippen molar-refractivity contribution in [1.29, 1.82) is 0 Å². The molecular formula is C18H32N2. The number of nitrogens with one attached hydrogen (secondary N) is 1. The average Bonchev–Trinajstić information content (AvgIpc) is 2.45. The molecule has 0 fully saturated rings. The van der Waals surface area contributed by atoms with Gasteiger partial charge in [0.25, 0.3) is 0 Å². The largest absolute Gasteiger partial charge is 0.310 e. The van der Waals surface area contributed by atoms with E-state index < -0.39 is 0 Å². The summed E-state index contributed by atoms with van der Waals surface area (Å²) in [6.07, 6.45) is 14.6. The van der Waals surface area contributed by atoms with Gasteiger partial charge in [-0.1, -0.05) is 58.4 Å². The summed E-state index contributed by atoms with van der Waals surface area (Å²) in [6, 6.07) is 2.76. The first-order chi connectivity index (χ1) is 9.77. The molecular weight excluding hydrogens is 244 g/mol. The van der Waals surface area contributed by atoms with Gasteiger partial charge in [0.2, 0.25) is 0 Å². The van der Waals surface area contributed by atoms with Gasteiger partial charge in [-0.3, -0.25) is 4.98 Å². The number of pyridine rings is 1. The van der Waals surface area contributed by atoms with Crippen molar-refractivity contribution in [2.75, 3.05) is 6.54 Å². The van der Waals surface area contributed by atoms with Crippen LogP contribution in [0.2, 0.25) is 0 Å². The van der Waals surface area contributed by atoms with E-state index in [0.717, 1.165) is 6.54 Å². The lowest BCUT2D eigenvalue weighted by Crippen LogP contribution is -2.22. The zero-order valence-corrected chi connectivity index (χ0v) is 13.6. The summed E-state index contributed by atoms with van der Waals surface area (Å²) in [6.45, 7) is 7.71. The first-order valence-corrected chi connectivity index (χ1v) is 8.42. The van der Waals surface area contributed by atoms with Gasteiger partial charge < -0.3 is 5.32 Å². The monoisotopic (exact) mass is 276 g/mol. The molecule has 0 aromatic carbocycles. The maximum atomic E-state index is 4.34. The summed E-state index contributed by atoms with van der Waals surface area (Å²) >= 11 is 0. The van der Waals surface area contributed by atoms with Crippen molar-refractivity contribution in [2.24, 2.45) is 0 Å². The van der Waals surface area contributed by atoms with Gasteiger partial charge in [-0.25, -0.2) is 0 Å². The van der Waals surface area contributed by atoms with Crippen LogP contribution in [0.4, 0.5) is 0 Å². The molecule has 20 heavy (non-hydrogen) atoms. The predicted octanol–water partition coefficient (Wildman–Crippen LogP) is 5.18. The van der Waals surface area contributed by atoms with Crippen molar-refractivity contribution in [3.05, 3.63) is 29.6 Å². The zero-order chi connectivity index (χ0) is 14.6. The van der Waals surface area contributed by atoms with Crippen LogP contribution in [0.15, 0.2) is 18.5 Å². The second-order valence-corrected chi connectivity index (χ2v) is 5.86. The number of aryl methyl sites for hydroxylation is 1. The molecule has 1 aromatic rings. The number of unbranched alkanes of at least 4 members (excludes halogenated alkanes) is 5. The fourth-order valence-corrected chi connectivity index (χ4v) is 2.60. The minimum Gasteiger partial charge on any atom is -0.310 e. The molecule has 0 saturated heterocycles. The van der Waals surface area contributed by atoms with Crippen LogP contribution >= 0.6 is 0 Å². The quantitative estimate of drug-likeness (QED) is 0.563. The minimum atomic E-state index is 0.480. The Kier molecular flexibility index (Phi) is 9.31. The predicted molar refractivity (Wildman–Crippen MR) is 88.0 cm³/mol. The lowest BCUT2D eigenvalue weighted by Gasteiger charge is -2.19. The number of aromatic nitrogens is 1. The fourth-order valence-electron chi connectivity index (χ4n) is 2.60. The molecule has 2 nitrogen and oxygen atoms in total. The van der Waals surface area contributed by atoms with E-state index >= 15 is 0 Å². The molecule has 0 bridgehead atoms. The highest BCUT2D eigenvalue weighted by molar-refractivity contribution is 5.20. The van der Waals surface area contributed by atoms with Crippen molar-refractivity contribution in [2.45, 2.75) is 78.2 Å². The highest BCUT2D eigenvalue weighted by Crippen LogP contribution is 2.20. The lowest BCUT2D eigenvalue weighted by molar-refractivity contribution is 0.465. The van der Waals surface area contributed by atoms with Crippen molar-refractivity contribution in [3.63, 3.8) is 0 Å². The van der Waals surface area contributed by atoms with E-state index in [1.807, 2.05) is 12.4 Å². The molecule has 1 atom stereocenters. The van der Waals surface area contributed by atoms with Gasteiger partial charge in [-0.2, -0.15) is 0 Å². The Morgan fingerprint density at radius 1 is 1.00 bits per heavy atom. The van der Waals surface area contributed by atoms with E-state index in [4.69, 9.17) is 0 Å². The molecule has 0 radical (unpaired) electrons. The van der Waals surface area contributed by atoms with Crippen LogP contribution in [0.1, 0.15) is 82.4 Å². The summed E-state index contributed by atoms with van der Waals surface area (Å²) in [5.74, 6) is 0. The maximum Gasteiger partial charge on any atom is 0.0335 e. The molecule has 0 spiro atoms. The van der Waals surface area contributed by atoms with Gasteiger partial charge in [-0.05, 0) is 37.4 Å². The Morgan fingerprint density at radius 3 is 2.45 bits per heavy atom. The maximum absolute atomic E-state index is 4.34. The van der Waals surface area contributed by atoms with E-state index in [0.29, 0.717) is 6.04 Å². The highest BCUT2D eigenvalue weighted by atomic mass is 14.9. The molecule has 0 aliphatic carbocycles. The lowest BCUT2D eigenvalue weighted by atomic mass is 10.00. The van der Waals surface area contributed by atoms with Crippen LogP contribution in [0, 0.1) is 6.92 Å². The number of hydrogen-bond donors (Lipinski definition) is 1. The number of nitrogens with zero attached hydrogens (tertiary/aromatic N) is 1. The minimum absolute atomic E-state index is 0.480. The molecule has 0 amide bonds. The number of rotatable bonds is 11. The normalized spacial score (nSPS) is 12.6. The first kappa shape index (κ1) is 17.2. The van der Waals surface area contributed by atoms with Crippen LogP contribution in [-0.2, 0) is 0 Å². The van der Waals surface area contributed by atoms with Gasteiger partial charge in [0, 0.05) is 18.4 Å². The summed E-state index contributed by atoms with van der Waals surface area (Å²) < 4.78 is 0. The Balaban J connectivity index is 2.40. The van der Waals surface area contributed by atoms with E-state index in [2.05, 4.69) is 37.1 Å². The van der Waals surface area contributed by atoms with Crippen LogP contribution < -0.4 is 5.32 Å². The molecule has 0 saturated carbocycles. The van der Waals surface area contributed by atoms with Crippen molar-refractivity contribution >= 4 is 0 Å². The van der Waals surface area contributed by atoms with Gasteiger partial charge in [0.05, 0.1) is 0 Å².